The highest BCUT2D eigenvalue weighted by atomic mass is 16.5. The molecule has 0 heterocycles. The van der Waals surface area contributed by atoms with Gasteiger partial charge in [-0.1, -0.05) is 31.9 Å². The summed E-state index contributed by atoms with van der Waals surface area (Å²) in [4.78, 5) is 23.7. The molecule has 6 nitrogen and oxygen atoms in total. The van der Waals surface area contributed by atoms with Gasteiger partial charge in [0.25, 0.3) is 5.91 Å². The van der Waals surface area contributed by atoms with Gasteiger partial charge < -0.3 is 10.1 Å². The Balaban J connectivity index is 1.75. The minimum absolute atomic E-state index is 0.196. The van der Waals surface area contributed by atoms with E-state index in [1.54, 1.807) is 30.3 Å². The summed E-state index contributed by atoms with van der Waals surface area (Å²) in [7, 11) is 0. The zero-order valence-electron chi connectivity index (χ0n) is 13.1. The van der Waals surface area contributed by atoms with E-state index in [0.29, 0.717) is 17.9 Å². The number of nitrogens with one attached hydrogen (secondary N) is 3. The van der Waals surface area contributed by atoms with Crippen molar-refractivity contribution in [3.05, 3.63) is 42.5 Å². The molecule has 0 aromatic heterocycles. The van der Waals surface area contributed by atoms with Crippen molar-refractivity contribution in [3.63, 3.8) is 0 Å². The molecule has 1 aromatic rings. The second-order valence-electron chi connectivity index (χ2n) is 5.51. The minimum atomic E-state index is -0.379. The lowest BCUT2D eigenvalue weighted by molar-refractivity contribution is 0.0935. The van der Waals surface area contributed by atoms with Crippen LogP contribution in [0.4, 0.5) is 4.79 Å². The number of hydrazine groups is 1. The quantitative estimate of drug-likeness (QED) is 0.577. The molecule has 23 heavy (non-hydrogen) atoms. The molecule has 6 heteroatoms. The molecule has 3 N–H and O–H groups in total. The van der Waals surface area contributed by atoms with Gasteiger partial charge in [0.2, 0.25) is 0 Å². The fraction of sp³-hybridized carbons (Fsp3) is 0.412. The van der Waals surface area contributed by atoms with E-state index in [1.807, 2.05) is 0 Å². The zero-order chi connectivity index (χ0) is 16.5. The topological polar surface area (TPSA) is 79.5 Å². The molecule has 0 unspecified atom stereocenters. The van der Waals surface area contributed by atoms with Gasteiger partial charge in [-0.05, 0) is 37.1 Å². The summed E-state index contributed by atoms with van der Waals surface area (Å²) in [5.74, 6) is 0.281. The van der Waals surface area contributed by atoms with Gasteiger partial charge in [-0.3, -0.25) is 10.2 Å². The lowest BCUT2D eigenvalue weighted by atomic mass is 9.96. The maximum Gasteiger partial charge on any atom is 0.333 e. The molecule has 1 saturated carbocycles. The Bertz CT molecular complexity index is 537. The highest BCUT2D eigenvalue weighted by Gasteiger charge is 2.15. The van der Waals surface area contributed by atoms with E-state index in [0.717, 1.165) is 25.7 Å². The van der Waals surface area contributed by atoms with Crippen molar-refractivity contribution in [2.24, 2.45) is 0 Å². The molecule has 124 valence electrons. The summed E-state index contributed by atoms with van der Waals surface area (Å²) >= 11 is 0. The van der Waals surface area contributed by atoms with Crippen molar-refractivity contribution in [2.75, 3.05) is 6.61 Å². The second-order valence-corrected chi connectivity index (χ2v) is 5.51. The average Bonchev–Trinajstić information content (AvgIpc) is 2.59. The van der Waals surface area contributed by atoms with Gasteiger partial charge in [0.05, 0.1) is 0 Å². The lowest BCUT2D eigenvalue weighted by Crippen LogP contribution is -2.50. The minimum Gasteiger partial charge on any atom is -0.490 e. The first kappa shape index (κ1) is 16.9. The number of benzene rings is 1. The van der Waals surface area contributed by atoms with Crippen molar-refractivity contribution >= 4 is 11.9 Å². The van der Waals surface area contributed by atoms with Crippen LogP contribution in [0.1, 0.15) is 42.5 Å². The van der Waals surface area contributed by atoms with Crippen LogP contribution in [0, 0.1) is 0 Å². The van der Waals surface area contributed by atoms with Crippen molar-refractivity contribution in [1.82, 2.24) is 16.2 Å². The number of urea groups is 1. The summed E-state index contributed by atoms with van der Waals surface area (Å²) in [6.45, 7) is 3.98. The van der Waals surface area contributed by atoms with Gasteiger partial charge in [0.1, 0.15) is 12.4 Å². The third-order valence-corrected chi connectivity index (χ3v) is 3.71. The van der Waals surface area contributed by atoms with Gasteiger partial charge in [-0.2, -0.15) is 0 Å². The summed E-state index contributed by atoms with van der Waals surface area (Å²) in [6.07, 6.45) is 7.13. The number of hydrogen-bond donors (Lipinski definition) is 3. The van der Waals surface area contributed by atoms with Crippen LogP contribution < -0.4 is 20.9 Å². The Hall–Kier alpha value is -2.50. The second kappa shape index (κ2) is 8.82. The summed E-state index contributed by atoms with van der Waals surface area (Å²) in [6, 6.07) is 6.47. The molecule has 0 spiro atoms. The molecule has 0 bridgehead atoms. The summed E-state index contributed by atoms with van der Waals surface area (Å²) in [5.41, 5.74) is 5.21. The molecular formula is C17H23N3O3. The third-order valence-electron chi connectivity index (χ3n) is 3.71. The van der Waals surface area contributed by atoms with Gasteiger partial charge >= 0.3 is 6.03 Å². The number of rotatable bonds is 5. The number of carbonyl (C=O) groups excluding carboxylic acids is 2. The standard InChI is InChI=1S/C17H23N3O3/c1-2-12-23-15-10-8-13(9-11-15)16(21)19-20-17(22)18-14-6-4-3-5-7-14/h2,8-11,14H,1,3-7,12H2,(H,19,21)(H2,18,20,22). The Labute approximate surface area is 136 Å². The molecular weight excluding hydrogens is 294 g/mol. The van der Waals surface area contributed by atoms with E-state index < -0.39 is 0 Å². The van der Waals surface area contributed by atoms with Crippen LogP contribution in [0.5, 0.6) is 5.75 Å². The first-order valence-electron chi connectivity index (χ1n) is 7.89. The van der Waals surface area contributed by atoms with Crippen LogP contribution in [-0.4, -0.2) is 24.6 Å². The van der Waals surface area contributed by atoms with Gasteiger partial charge in [0, 0.05) is 11.6 Å². The smallest absolute Gasteiger partial charge is 0.333 e. The highest BCUT2D eigenvalue weighted by molar-refractivity contribution is 5.95. The Morgan fingerprint density at radius 2 is 1.83 bits per heavy atom. The largest absolute Gasteiger partial charge is 0.490 e. The number of hydrogen-bond acceptors (Lipinski definition) is 3. The summed E-state index contributed by atoms with van der Waals surface area (Å²) < 4.78 is 5.34. The number of amides is 3. The maximum absolute atomic E-state index is 12.0. The molecule has 1 aliphatic rings. The summed E-state index contributed by atoms with van der Waals surface area (Å²) in [5, 5.41) is 2.86. The molecule has 0 atom stereocenters. The Morgan fingerprint density at radius 3 is 2.48 bits per heavy atom. The normalized spacial score (nSPS) is 14.6. The van der Waals surface area contributed by atoms with E-state index in [-0.39, 0.29) is 18.0 Å². The molecule has 0 saturated heterocycles. The Kier molecular flexibility index (Phi) is 6.47. The van der Waals surface area contributed by atoms with Crippen molar-refractivity contribution in [1.29, 1.82) is 0 Å². The molecule has 1 aromatic carbocycles. The molecule has 0 aliphatic heterocycles. The lowest BCUT2D eigenvalue weighted by Gasteiger charge is -2.22. The molecule has 1 fully saturated rings. The van der Waals surface area contributed by atoms with Gasteiger partial charge in [-0.25, -0.2) is 10.2 Å². The fourth-order valence-corrected chi connectivity index (χ4v) is 2.51. The third kappa shape index (κ3) is 5.65. The van der Waals surface area contributed by atoms with Crippen LogP contribution in [0.3, 0.4) is 0 Å². The van der Waals surface area contributed by atoms with E-state index in [4.69, 9.17) is 4.74 Å². The monoisotopic (exact) mass is 317 g/mol. The SMILES string of the molecule is C=CCOc1ccc(C(=O)NNC(=O)NC2CCCCC2)cc1. The predicted octanol–water partition coefficient (Wildman–Crippen LogP) is 2.53. The van der Waals surface area contributed by atoms with E-state index in [2.05, 4.69) is 22.7 Å². The van der Waals surface area contributed by atoms with Crippen LogP contribution in [0.25, 0.3) is 0 Å². The van der Waals surface area contributed by atoms with E-state index in [1.165, 1.54) is 6.42 Å². The number of carbonyl (C=O) groups is 2. The molecule has 2 rings (SSSR count). The van der Waals surface area contributed by atoms with Crippen LogP contribution in [-0.2, 0) is 0 Å². The average molecular weight is 317 g/mol. The fourth-order valence-electron chi connectivity index (χ4n) is 2.51. The molecule has 1 aliphatic carbocycles. The van der Waals surface area contributed by atoms with Gasteiger partial charge in [-0.15, -0.1) is 0 Å². The Morgan fingerprint density at radius 1 is 1.13 bits per heavy atom. The maximum atomic E-state index is 12.0. The number of ether oxygens (including phenoxy) is 1. The van der Waals surface area contributed by atoms with E-state index >= 15 is 0 Å². The predicted molar refractivity (Wildman–Crippen MR) is 88.1 cm³/mol. The van der Waals surface area contributed by atoms with Crippen molar-refractivity contribution in [2.45, 2.75) is 38.1 Å². The first-order chi connectivity index (χ1) is 11.2. The highest BCUT2D eigenvalue weighted by Crippen LogP contribution is 2.17. The zero-order valence-corrected chi connectivity index (χ0v) is 13.1. The van der Waals surface area contributed by atoms with Crippen molar-refractivity contribution in [3.8, 4) is 5.75 Å². The molecule has 0 radical (unpaired) electrons. The van der Waals surface area contributed by atoms with E-state index in [9.17, 15) is 9.59 Å². The van der Waals surface area contributed by atoms with Crippen molar-refractivity contribution < 1.29 is 14.3 Å². The molecule has 3 amide bonds. The van der Waals surface area contributed by atoms with Gasteiger partial charge in [0.15, 0.2) is 0 Å². The first-order valence-corrected chi connectivity index (χ1v) is 7.89. The van der Waals surface area contributed by atoms with Crippen LogP contribution in [0.2, 0.25) is 0 Å². The van der Waals surface area contributed by atoms with Crippen LogP contribution in [0.15, 0.2) is 36.9 Å². The van der Waals surface area contributed by atoms with Crippen LogP contribution >= 0.6 is 0 Å².